The number of hydrogen-bond acceptors (Lipinski definition) is 3. The zero-order chi connectivity index (χ0) is 25.5. The molecule has 0 atom stereocenters. The third-order valence-corrected chi connectivity index (χ3v) is 6.15. The summed E-state index contributed by atoms with van der Waals surface area (Å²) in [4.78, 5) is 10.1. The Hall–Kier alpha value is -0.813. The first-order chi connectivity index (χ1) is 13.3. The lowest BCUT2D eigenvalue weighted by Crippen LogP contribution is -2.70. The van der Waals surface area contributed by atoms with Gasteiger partial charge in [0.1, 0.15) is 0 Å². The molecule has 0 aromatic rings. The van der Waals surface area contributed by atoms with Gasteiger partial charge in [-0.25, -0.2) is 0 Å². The van der Waals surface area contributed by atoms with Crippen molar-refractivity contribution in [3.8, 4) is 0 Å². The van der Waals surface area contributed by atoms with E-state index >= 15 is 0 Å². The highest BCUT2D eigenvalue weighted by Gasteiger charge is 2.90. The van der Waals surface area contributed by atoms with Crippen molar-refractivity contribution in [1.29, 1.82) is 0 Å². The van der Waals surface area contributed by atoms with Crippen molar-refractivity contribution in [3.05, 3.63) is 0 Å². The Balaban J connectivity index is 6.06. The second kappa shape index (κ2) is 8.85. The van der Waals surface area contributed by atoms with Crippen molar-refractivity contribution in [2.75, 3.05) is 0 Å². The van der Waals surface area contributed by atoms with Crippen LogP contribution >= 0.6 is 0 Å². The van der Waals surface area contributed by atoms with E-state index in [0.717, 1.165) is 0 Å². The number of alkyl halides is 13. The lowest BCUT2D eigenvalue weighted by molar-refractivity contribution is -0.440. The van der Waals surface area contributed by atoms with Gasteiger partial charge in [0.25, 0.3) is 0 Å². The Morgan fingerprint density at radius 1 is 0.613 bits per heavy atom. The SMILES string of the molecule is CC(C)O[Si](O)(CCC(F)(F)C(F)(F)C(F)(F)C(F)(F)C(F)(F)C(F)(F)F)OC(C)C. The molecule has 0 heterocycles. The summed E-state index contributed by atoms with van der Waals surface area (Å²) in [5.74, 6) is -37.3. The van der Waals surface area contributed by atoms with Crippen LogP contribution in [-0.4, -0.2) is 61.6 Å². The third-order valence-electron chi connectivity index (χ3n) is 3.59. The molecule has 0 aromatic heterocycles. The predicted octanol–water partition coefficient (Wildman–Crippen LogP) is 5.90. The molecule has 0 fully saturated rings. The highest BCUT2D eigenvalue weighted by molar-refractivity contribution is 6.59. The normalized spacial score (nSPS) is 15.9. The molecule has 0 radical (unpaired) electrons. The molecule has 0 spiro atoms. The zero-order valence-electron chi connectivity index (χ0n) is 16.2. The molecule has 188 valence electrons. The lowest BCUT2D eigenvalue weighted by Gasteiger charge is -2.40. The van der Waals surface area contributed by atoms with Gasteiger partial charge in [-0.15, -0.1) is 0 Å². The topological polar surface area (TPSA) is 38.7 Å². The van der Waals surface area contributed by atoms with Crippen LogP contribution in [0.2, 0.25) is 6.04 Å². The molecule has 0 bridgehead atoms. The van der Waals surface area contributed by atoms with Gasteiger partial charge in [-0.1, -0.05) is 0 Å². The van der Waals surface area contributed by atoms with Crippen molar-refractivity contribution in [3.63, 3.8) is 0 Å². The minimum atomic E-state index is -7.96. The van der Waals surface area contributed by atoms with Crippen molar-refractivity contribution in [2.24, 2.45) is 0 Å². The standard InChI is InChI=1S/C14H19F13O3Si/c1-7(2)29-31(28,30-8(3)4)6-5-9(15,16)10(17,18)11(19,20)12(21,22)13(23,24)14(25,26)27/h7-8,28H,5-6H2,1-4H3. The first-order valence-corrected chi connectivity index (χ1v) is 10.3. The molecule has 0 saturated carbocycles. The molecular formula is C14H19F13O3Si. The molecular weight excluding hydrogens is 491 g/mol. The fourth-order valence-corrected chi connectivity index (χ4v) is 4.55. The van der Waals surface area contributed by atoms with E-state index in [-0.39, 0.29) is 0 Å². The van der Waals surface area contributed by atoms with E-state index in [0.29, 0.717) is 0 Å². The second-order valence-electron chi connectivity index (χ2n) is 7.05. The van der Waals surface area contributed by atoms with Crippen LogP contribution in [-0.2, 0) is 8.85 Å². The van der Waals surface area contributed by atoms with E-state index in [1.54, 1.807) is 0 Å². The maximum Gasteiger partial charge on any atom is 0.498 e. The average molecular weight is 510 g/mol. The molecule has 0 saturated heterocycles. The van der Waals surface area contributed by atoms with Crippen LogP contribution in [0, 0.1) is 0 Å². The van der Waals surface area contributed by atoms with Gasteiger partial charge in [-0.05, 0) is 27.7 Å². The minimum absolute atomic E-state index is 0.971. The molecule has 1 N–H and O–H groups in total. The summed E-state index contributed by atoms with van der Waals surface area (Å²) in [5, 5.41) is 0. The highest BCUT2D eigenvalue weighted by atomic mass is 28.4. The number of rotatable bonds is 11. The Bertz CT molecular complexity index is 595. The predicted molar refractivity (Wildman–Crippen MR) is 80.6 cm³/mol. The second-order valence-corrected chi connectivity index (χ2v) is 9.44. The van der Waals surface area contributed by atoms with E-state index in [4.69, 9.17) is 8.85 Å². The highest BCUT2D eigenvalue weighted by Crippen LogP contribution is 2.60. The van der Waals surface area contributed by atoms with Crippen LogP contribution in [0.15, 0.2) is 0 Å². The monoisotopic (exact) mass is 510 g/mol. The summed E-state index contributed by atoms with van der Waals surface area (Å²) < 4.78 is 180. The molecule has 0 unspecified atom stereocenters. The molecule has 0 aliphatic carbocycles. The van der Waals surface area contributed by atoms with Crippen molar-refractivity contribution < 1.29 is 70.7 Å². The molecule has 0 aromatic carbocycles. The van der Waals surface area contributed by atoms with Gasteiger partial charge in [0.15, 0.2) is 0 Å². The van der Waals surface area contributed by atoms with E-state index < -0.39 is 69.3 Å². The Kier molecular flexibility index (Phi) is 8.62. The maximum atomic E-state index is 13.8. The summed E-state index contributed by atoms with van der Waals surface area (Å²) in [6.45, 7) is 4.90. The van der Waals surface area contributed by atoms with Gasteiger partial charge in [0.05, 0.1) is 0 Å². The first-order valence-electron chi connectivity index (χ1n) is 8.33. The molecule has 3 nitrogen and oxygen atoms in total. The van der Waals surface area contributed by atoms with Gasteiger partial charge in [-0.2, -0.15) is 57.1 Å². The Morgan fingerprint density at radius 3 is 1.23 bits per heavy atom. The maximum absolute atomic E-state index is 13.8. The van der Waals surface area contributed by atoms with Crippen LogP contribution in [0.4, 0.5) is 57.1 Å². The lowest BCUT2D eigenvalue weighted by atomic mass is 9.93. The van der Waals surface area contributed by atoms with Gasteiger partial charge >= 0.3 is 44.6 Å². The molecule has 0 aliphatic heterocycles. The van der Waals surface area contributed by atoms with Crippen LogP contribution in [0.25, 0.3) is 0 Å². The van der Waals surface area contributed by atoms with E-state index in [1.807, 2.05) is 0 Å². The van der Waals surface area contributed by atoms with E-state index in [9.17, 15) is 61.9 Å². The molecule has 0 amide bonds. The van der Waals surface area contributed by atoms with Gasteiger partial charge in [0, 0.05) is 24.7 Å². The van der Waals surface area contributed by atoms with E-state index in [2.05, 4.69) is 0 Å². The fourth-order valence-electron chi connectivity index (χ4n) is 2.16. The molecule has 31 heavy (non-hydrogen) atoms. The summed E-state index contributed by atoms with van der Waals surface area (Å²) >= 11 is 0. The molecule has 0 aliphatic rings. The number of hydrogen-bond donors (Lipinski definition) is 1. The smallest absolute Gasteiger partial charge is 0.390 e. The van der Waals surface area contributed by atoms with Gasteiger partial charge in [0.2, 0.25) is 0 Å². The zero-order valence-corrected chi connectivity index (χ0v) is 17.2. The Morgan fingerprint density at radius 2 is 0.935 bits per heavy atom. The van der Waals surface area contributed by atoms with Crippen molar-refractivity contribution in [1.82, 2.24) is 0 Å². The third kappa shape index (κ3) is 5.76. The van der Waals surface area contributed by atoms with Gasteiger partial charge < -0.3 is 13.6 Å². The van der Waals surface area contributed by atoms with Crippen LogP contribution in [0.5, 0.6) is 0 Å². The van der Waals surface area contributed by atoms with Gasteiger partial charge in [-0.3, -0.25) is 0 Å². The minimum Gasteiger partial charge on any atom is -0.390 e. The summed E-state index contributed by atoms with van der Waals surface area (Å²) in [5.41, 5.74) is 0. The summed E-state index contributed by atoms with van der Waals surface area (Å²) in [6.07, 6.45) is -12.0. The molecule has 17 heteroatoms. The Labute approximate surface area is 168 Å². The van der Waals surface area contributed by atoms with Crippen molar-refractivity contribution >= 4 is 8.80 Å². The fraction of sp³-hybridized carbons (Fsp3) is 1.00. The quantitative estimate of drug-likeness (QED) is 0.278. The van der Waals surface area contributed by atoms with E-state index in [1.165, 1.54) is 27.7 Å². The number of halogens is 13. The van der Waals surface area contributed by atoms with Crippen LogP contribution in [0.3, 0.4) is 0 Å². The first kappa shape index (κ1) is 30.2. The summed E-state index contributed by atoms with van der Waals surface area (Å²) in [7, 11) is -4.81. The molecule has 0 rings (SSSR count). The summed E-state index contributed by atoms with van der Waals surface area (Å²) in [6, 6.07) is -1.64. The van der Waals surface area contributed by atoms with Crippen LogP contribution < -0.4 is 0 Å². The van der Waals surface area contributed by atoms with Crippen molar-refractivity contribution in [2.45, 2.75) is 88.2 Å². The largest absolute Gasteiger partial charge is 0.498 e. The average Bonchev–Trinajstić information content (AvgIpc) is 2.49. The van der Waals surface area contributed by atoms with Crippen LogP contribution in [0.1, 0.15) is 34.1 Å².